The number of para-hydroxylation sites is 2. The highest BCUT2D eigenvalue weighted by molar-refractivity contribution is 9.10. The monoisotopic (exact) mass is 356 g/mol. The molecular formula is C13H7BrClFN2S. The Morgan fingerprint density at radius 3 is 2.68 bits per heavy atom. The largest absolute Gasteiger partial charge is 0.330 e. The van der Waals surface area contributed by atoms with Gasteiger partial charge in [0.1, 0.15) is 5.82 Å². The predicted molar refractivity (Wildman–Crippen MR) is 81.1 cm³/mol. The van der Waals surface area contributed by atoms with Gasteiger partial charge in [-0.2, -0.15) is 0 Å². The fourth-order valence-corrected chi connectivity index (χ4v) is 3.10. The van der Waals surface area contributed by atoms with Crippen LogP contribution in [0.25, 0.3) is 16.7 Å². The van der Waals surface area contributed by atoms with E-state index in [1.807, 2.05) is 12.1 Å². The molecule has 0 radical (unpaired) electrons. The van der Waals surface area contributed by atoms with E-state index >= 15 is 0 Å². The number of hydrogen-bond acceptors (Lipinski definition) is 1. The van der Waals surface area contributed by atoms with E-state index in [0.29, 0.717) is 25.5 Å². The molecule has 2 nitrogen and oxygen atoms in total. The van der Waals surface area contributed by atoms with Crippen LogP contribution >= 0.6 is 39.7 Å². The molecule has 0 atom stereocenters. The van der Waals surface area contributed by atoms with E-state index in [4.69, 9.17) is 23.8 Å². The Hall–Kier alpha value is -1.17. The number of aromatic amines is 1. The van der Waals surface area contributed by atoms with Crippen LogP contribution in [-0.4, -0.2) is 9.55 Å². The predicted octanol–water partition coefficient (Wildman–Crippen LogP) is 5.24. The third kappa shape index (κ3) is 2.02. The lowest BCUT2D eigenvalue weighted by Crippen LogP contribution is -1.99. The molecule has 0 spiro atoms. The number of aromatic nitrogens is 2. The smallest absolute Gasteiger partial charge is 0.182 e. The lowest BCUT2D eigenvalue weighted by atomic mass is 10.2. The molecule has 1 heterocycles. The first-order chi connectivity index (χ1) is 9.09. The van der Waals surface area contributed by atoms with E-state index < -0.39 is 0 Å². The molecule has 0 unspecified atom stereocenters. The molecule has 0 bridgehead atoms. The molecule has 0 aliphatic heterocycles. The molecule has 0 aliphatic rings. The number of nitrogens with zero attached hydrogens (tertiary/aromatic N) is 1. The maximum atomic E-state index is 14.1. The first kappa shape index (κ1) is 12.8. The van der Waals surface area contributed by atoms with Crippen LogP contribution in [-0.2, 0) is 0 Å². The molecule has 0 amide bonds. The van der Waals surface area contributed by atoms with Crippen molar-refractivity contribution in [2.75, 3.05) is 0 Å². The summed E-state index contributed by atoms with van der Waals surface area (Å²) in [5, 5.41) is 0.514. The number of rotatable bonds is 1. The van der Waals surface area contributed by atoms with Crippen molar-refractivity contribution in [3.05, 3.63) is 56.5 Å². The van der Waals surface area contributed by atoms with Gasteiger partial charge in [-0.25, -0.2) is 4.39 Å². The van der Waals surface area contributed by atoms with Crippen molar-refractivity contribution < 1.29 is 4.39 Å². The van der Waals surface area contributed by atoms with E-state index in [1.54, 1.807) is 22.8 Å². The van der Waals surface area contributed by atoms with Crippen molar-refractivity contribution in [2.24, 2.45) is 0 Å². The third-order valence-corrected chi connectivity index (χ3v) is 4.05. The van der Waals surface area contributed by atoms with Crippen LogP contribution in [0.4, 0.5) is 4.39 Å². The zero-order chi connectivity index (χ0) is 13.6. The maximum absolute atomic E-state index is 14.1. The minimum atomic E-state index is -0.369. The van der Waals surface area contributed by atoms with Gasteiger partial charge in [0.2, 0.25) is 0 Å². The second kappa shape index (κ2) is 4.74. The first-order valence-electron chi connectivity index (χ1n) is 5.43. The number of H-pyrrole nitrogens is 1. The van der Waals surface area contributed by atoms with Gasteiger partial charge < -0.3 is 4.98 Å². The Balaban J connectivity index is 2.50. The van der Waals surface area contributed by atoms with Crippen LogP contribution in [0.1, 0.15) is 0 Å². The Morgan fingerprint density at radius 1 is 1.21 bits per heavy atom. The van der Waals surface area contributed by atoms with Crippen molar-refractivity contribution in [2.45, 2.75) is 0 Å². The van der Waals surface area contributed by atoms with Gasteiger partial charge in [0.05, 0.1) is 21.7 Å². The maximum Gasteiger partial charge on any atom is 0.182 e. The van der Waals surface area contributed by atoms with Gasteiger partial charge in [-0.05, 0) is 52.4 Å². The van der Waals surface area contributed by atoms with Gasteiger partial charge >= 0.3 is 0 Å². The number of fused-ring (bicyclic) bond motifs is 1. The molecule has 0 fully saturated rings. The minimum absolute atomic E-state index is 0.354. The van der Waals surface area contributed by atoms with E-state index in [0.717, 1.165) is 5.52 Å². The summed E-state index contributed by atoms with van der Waals surface area (Å²) < 4.78 is 16.7. The van der Waals surface area contributed by atoms with Crippen molar-refractivity contribution >= 4 is 50.8 Å². The standard InChI is InChI=1S/C13H7BrClFN2S/c14-7-3-1-5-9(16)11(7)18-12-8(15)4-2-6-10(12)17-13(18)19/h1-6H,(H,17,19). The molecule has 6 heteroatoms. The topological polar surface area (TPSA) is 20.7 Å². The second-order valence-electron chi connectivity index (χ2n) is 3.97. The summed E-state index contributed by atoms with van der Waals surface area (Å²) in [5.74, 6) is -0.369. The van der Waals surface area contributed by atoms with Crippen LogP contribution in [0, 0.1) is 10.6 Å². The number of halogens is 3. The average molecular weight is 358 g/mol. The fourth-order valence-electron chi connectivity index (χ4n) is 2.03. The van der Waals surface area contributed by atoms with Crippen LogP contribution in [0.5, 0.6) is 0 Å². The molecule has 1 N–H and O–H groups in total. The molecule has 0 saturated carbocycles. The molecule has 2 aromatic carbocycles. The lowest BCUT2D eigenvalue weighted by molar-refractivity contribution is 0.617. The number of hydrogen-bond donors (Lipinski definition) is 1. The number of nitrogens with one attached hydrogen (secondary N) is 1. The summed E-state index contributed by atoms with van der Waals surface area (Å²) in [5.41, 5.74) is 1.79. The molecular weight excluding hydrogens is 351 g/mol. The van der Waals surface area contributed by atoms with Gasteiger partial charge in [-0.1, -0.05) is 23.7 Å². The van der Waals surface area contributed by atoms with Gasteiger partial charge in [0, 0.05) is 4.47 Å². The molecule has 0 aliphatic carbocycles. The lowest BCUT2D eigenvalue weighted by Gasteiger charge is -2.09. The van der Waals surface area contributed by atoms with Gasteiger partial charge in [0.25, 0.3) is 0 Å². The molecule has 1 aromatic heterocycles. The third-order valence-electron chi connectivity index (χ3n) is 2.82. The summed E-state index contributed by atoms with van der Waals surface area (Å²) in [4.78, 5) is 3.03. The summed E-state index contributed by atoms with van der Waals surface area (Å²) in [7, 11) is 0. The van der Waals surface area contributed by atoms with E-state index in [-0.39, 0.29) is 5.82 Å². The normalized spacial score (nSPS) is 11.1. The summed E-state index contributed by atoms with van der Waals surface area (Å²) in [6.45, 7) is 0. The van der Waals surface area contributed by atoms with Crippen molar-refractivity contribution in [1.29, 1.82) is 0 Å². The average Bonchev–Trinajstić information content (AvgIpc) is 2.67. The second-order valence-corrected chi connectivity index (χ2v) is 5.62. The van der Waals surface area contributed by atoms with Crippen molar-refractivity contribution in [3.63, 3.8) is 0 Å². The minimum Gasteiger partial charge on any atom is -0.330 e. The fraction of sp³-hybridized carbons (Fsp3) is 0. The van der Waals surface area contributed by atoms with Crippen LogP contribution in [0.3, 0.4) is 0 Å². The molecule has 3 rings (SSSR count). The quantitative estimate of drug-likeness (QED) is 0.590. The SMILES string of the molecule is Fc1cccc(Br)c1-n1c(=S)[nH]c2cccc(Cl)c21. The number of imidazole rings is 1. The van der Waals surface area contributed by atoms with E-state index in [2.05, 4.69) is 20.9 Å². The highest BCUT2D eigenvalue weighted by atomic mass is 79.9. The summed E-state index contributed by atoms with van der Waals surface area (Å²) in [6, 6.07) is 10.2. The molecule has 96 valence electrons. The summed E-state index contributed by atoms with van der Waals surface area (Å²) in [6.07, 6.45) is 0. The van der Waals surface area contributed by atoms with Crippen LogP contribution in [0.15, 0.2) is 40.9 Å². The van der Waals surface area contributed by atoms with E-state index in [1.165, 1.54) is 6.07 Å². The van der Waals surface area contributed by atoms with Crippen LogP contribution in [0.2, 0.25) is 5.02 Å². The Labute approximate surface area is 127 Å². The zero-order valence-corrected chi connectivity index (χ0v) is 12.6. The van der Waals surface area contributed by atoms with Crippen molar-refractivity contribution in [1.82, 2.24) is 9.55 Å². The Kier molecular flexibility index (Phi) is 3.20. The summed E-state index contributed by atoms with van der Waals surface area (Å²) >= 11 is 14.8. The van der Waals surface area contributed by atoms with Crippen molar-refractivity contribution in [3.8, 4) is 5.69 Å². The molecule has 0 saturated heterocycles. The first-order valence-corrected chi connectivity index (χ1v) is 7.01. The van der Waals surface area contributed by atoms with E-state index in [9.17, 15) is 4.39 Å². The van der Waals surface area contributed by atoms with Crippen LogP contribution < -0.4 is 0 Å². The van der Waals surface area contributed by atoms with Gasteiger partial charge in [0.15, 0.2) is 4.77 Å². The van der Waals surface area contributed by atoms with Gasteiger partial charge in [-0.3, -0.25) is 4.57 Å². The number of benzene rings is 2. The zero-order valence-electron chi connectivity index (χ0n) is 9.45. The van der Waals surface area contributed by atoms with Gasteiger partial charge in [-0.15, -0.1) is 0 Å². The Morgan fingerprint density at radius 2 is 1.95 bits per heavy atom. The molecule has 19 heavy (non-hydrogen) atoms. The highest BCUT2D eigenvalue weighted by Crippen LogP contribution is 2.31. The molecule has 3 aromatic rings. The highest BCUT2D eigenvalue weighted by Gasteiger charge is 2.15. The Bertz CT molecular complexity index is 820.